The van der Waals surface area contributed by atoms with Gasteiger partial charge in [-0.2, -0.15) is 9.40 Å². The fourth-order valence-electron chi connectivity index (χ4n) is 4.08. The number of amides is 1. The molecule has 1 aromatic heterocycles. The summed E-state index contributed by atoms with van der Waals surface area (Å²) in [5.74, 6) is -0.212. The molecule has 1 saturated heterocycles. The number of carbonyl (C=O) groups is 1. The molecule has 1 atom stereocenters. The third kappa shape index (κ3) is 4.69. The second-order valence-corrected chi connectivity index (χ2v) is 10.4. The first-order valence-corrected chi connectivity index (χ1v) is 12.6. The van der Waals surface area contributed by atoms with E-state index >= 15 is 0 Å². The number of carbonyl (C=O) groups excluding carboxylic acids is 1. The number of aryl methyl sites for hydroxylation is 1. The molecular formula is C24H29N5O3S. The summed E-state index contributed by atoms with van der Waals surface area (Å²) in [6.45, 7) is 4.84. The predicted molar refractivity (Wildman–Crippen MR) is 126 cm³/mol. The standard InChI is InChI=1S/C24H29N5O3S/c1-18-7-12-22(33(31,32)28-13-5-4-6-14-28)15-23(18)24(30)27(3)19(2)20-8-10-21(11-9-20)29-17-25-16-26-29/h7-12,15-17,19H,4-6,13-14H2,1-3H3. The smallest absolute Gasteiger partial charge is 0.254 e. The van der Waals surface area contributed by atoms with Crippen LogP contribution in [0, 0.1) is 6.92 Å². The van der Waals surface area contributed by atoms with Crippen LogP contribution in [0.3, 0.4) is 0 Å². The molecule has 0 N–H and O–H groups in total. The van der Waals surface area contributed by atoms with Gasteiger partial charge in [0, 0.05) is 25.7 Å². The van der Waals surface area contributed by atoms with Crippen molar-refractivity contribution in [3.63, 3.8) is 0 Å². The Morgan fingerprint density at radius 1 is 1.06 bits per heavy atom. The van der Waals surface area contributed by atoms with Gasteiger partial charge in [-0.1, -0.05) is 24.6 Å². The number of hydrogen-bond donors (Lipinski definition) is 0. The molecule has 1 unspecified atom stereocenters. The summed E-state index contributed by atoms with van der Waals surface area (Å²) in [5.41, 5.74) is 2.99. The van der Waals surface area contributed by atoms with E-state index in [1.807, 2.05) is 38.1 Å². The minimum Gasteiger partial charge on any atom is -0.335 e. The molecule has 1 aliphatic rings. The molecule has 0 radical (unpaired) electrons. The van der Waals surface area contributed by atoms with Crippen LogP contribution in [0.4, 0.5) is 0 Å². The normalized spacial score (nSPS) is 15.8. The monoisotopic (exact) mass is 467 g/mol. The Kier molecular flexibility index (Phi) is 6.62. The van der Waals surface area contributed by atoms with E-state index in [2.05, 4.69) is 10.1 Å². The highest BCUT2D eigenvalue weighted by Gasteiger charge is 2.28. The summed E-state index contributed by atoms with van der Waals surface area (Å²) in [7, 11) is -1.87. The first kappa shape index (κ1) is 23.1. The number of sulfonamides is 1. The second-order valence-electron chi connectivity index (χ2n) is 8.47. The highest BCUT2D eigenvalue weighted by molar-refractivity contribution is 7.89. The molecular weight excluding hydrogens is 438 g/mol. The van der Waals surface area contributed by atoms with Gasteiger partial charge in [0.2, 0.25) is 10.0 Å². The van der Waals surface area contributed by atoms with Gasteiger partial charge in [-0.05, 0) is 62.1 Å². The fraction of sp³-hybridized carbons (Fsp3) is 0.375. The van der Waals surface area contributed by atoms with Crippen molar-refractivity contribution >= 4 is 15.9 Å². The fourth-order valence-corrected chi connectivity index (χ4v) is 5.63. The van der Waals surface area contributed by atoms with Gasteiger partial charge in [-0.15, -0.1) is 0 Å². The zero-order valence-electron chi connectivity index (χ0n) is 19.2. The van der Waals surface area contributed by atoms with Gasteiger partial charge in [0.25, 0.3) is 5.91 Å². The first-order chi connectivity index (χ1) is 15.8. The Morgan fingerprint density at radius 3 is 2.39 bits per heavy atom. The molecule has 2 aromatic carbocycles. The molecule has 0 bridgehead atoms. The van der Waals surface area contributed by atoms with Crippen molar-refractivity contribution in [3.05, 3.63) is 71.8 Å². The SMILES string of the molecule is Cc1ccc(S(=O)(=O)N2CCCCC2)cc1C(=O)N(C)C(C)c1ccc(-n2cncn2)cc1. The first-order valence-electron chi connectivity index (χ1n) is 11.1. The van der Waals surface area contributed by atoms with Gasteiger partial charge in [0.05, 0.1) is 16.6 Å². The Balaban J connectivity index is 1.56. The summed E-state index contributed by atoms with van der Waals surface area (Å²) in [4.78, 5) is 19.2. The average Bonchev–Trinajstić information content (AvgIpc) is 3.38. The van der Waals surface area contributed by atoms with Crippen molar-refractivity contribution in [2.45, 2.75) is 44.0 Å². The second kappa shape index (κ2) is 9.44. The van der Waals surface area contributed by atoms with Gasteiger partial charge < -0.3 is 4.90 Å². The molecule has 0 spiro atoms. The maximum absolute atomic E-state index is 13.4. The van der Waals surface area contributed by atoms with Gasteiger partial charge in [0.1, 0.15) is 12.7 Å². The van der Waals surface area contributed by atoms with Crippen molar-refractivity contribution in [1.82, 2.24) is 24.0 Å². The quantitative estimate of drug-likeness (QED) is 0.553. The van der Waals surface area contributed by atoms with Gasteiger partial charge in [0.15, 0.2) is 0 Å². The third-order valence-corrected chi connectivity index (χ3v) is 8.25. The molecule has 3 aromatic rings. The van der Waals surface area contributed by atoms with E-state index in [1.54, 1.807) is 35.1 Å². The van der Waals surface area contributed by atoms with E-state index in [-0.39, 0.29) is 16.8 Å². The third-order valence-electron chi connectivity index (χ3n) is 6.35. The van der Waals surface area contributed by atoms with Crippen molar-refractivity contribution in [2.24, 2.45) is 0 Å². The van der Waals surface area contributed by atoms with Gasteiger partial charge >= 0.3 is 0 Å². The molecule has 174 valence electrons. The Labute approximate surface area is 194 Å². The zero-order chi connectivity index (χ0) is 23.6. The summed E-state index contributed by atoms with van der Waals surface area (Å²) in [5, 5.41) is 4.12. The molecule has 9 heteroatoms. The number of benzene rings is 2. The molecule has 33 heavy (non-hydrogen) atoms. The van der Waals surface area contributed by atoms with Crippen LogP contribution in [0.2, 0.25) is 0 Å². The average molecular weight is 468 g/mol. The number of piperidine rings is 1. The molecule has 1 fully saturated rings. The zero-order valence-corrected chi connectivity index (χ0v) is 20.0. The van der Waals surface area contributed by atoms with E-state index in [1.165, 1.54) is 16.7 Å². The van der Waals surface area contributed by atoms with Crippen LogP contribution in [0.1, 0.15) is 53.7 Å². The van der Waals surface area contributed by atoms with Crippen LogP contribution in [0.15, 0.2) is 60.0 Å². The van der Waals surface area contributed by atoms with Crippen LogP contribution in [0.5, 0.6) is 0 Å². The summed E-state index contributed by atoms with van der Waals surface area (Å²) < 4.78 is 29.4. The van der Waals surface area contributed by atoms with E-state index in [0.29, 0.717) is 18.7 Å². The largest absolute Gasteiger partial charge is 0.335 e. The highest BCUT2D eigenvalue weighted by atomic mass is 32.2. The number of rotatable bonds is 6. The molecule has 2 heterocycles. The Hall–Kier alpha value is -3.04. The van der Waals surface area contributed by atoms with Crippen molar-refractivity contribution in [1.29, 1.82) is 0 Å². The lowest BCUT2D eigenvalue weighted by Gasteiger charge is -2.28. The lowest BCUT2D eigenvalue weighted by Crippen LogP contribution is -2.36. The molecule has 8 nitrogen and oxygen atoms in total. The minimum absolute atomic E-state index is 0.177. The van der Waals surface area contributed by atoms with Crippen LogP contribution in [-0.2, 0) is 10.0 Å². The lowest BCUT2D eigenvalue weighted by molar-refractivity contribution is 0.0741. The van der Waals surface area contributed by atoms with Crippen LogP contribution in [0.25, 0.3) is 5.69 Å². The van der Waals surface area contributed by atoms with Gasteiger partial charge in [-0.3, -0.25) is 4.79 Å². The highest BCUT2D eigenvalue weighted by Crippen LogP contribution is 2.26. The van der Waals surface area contributed by atoms with E-state index in [4.69, 9.17) is 0 Å². The van der Waals surface area contributed by atoms with Crippen LogP contribution < -0.4 is 0 Å². The summed E-state index contributed by atoms with van der Waals surface area (Å²) >= 11 is 0. The molecule has 4 rings (SSSR count). The van der Waals surface area contributed by atoms with Crippen molar-refractivity contribution in [2.75, 3.05) is 20.1 Å². The Morgan fingerprint density at radius 2 is 1.76 bits per heavy atom. The number of hydrogen-bond acceptors (Lipinski definition) is 5. The number of nitrogens with zero attached hydrogens (tertiary/aromatic N) is 5. The van der Waals surface area contributed by atoms with Crippen LogP contribution >= 0.6 is 0 Å². The molecule has 1 amide bonds. The topological polar surface area (TPSA) is 88.4 Å². The number of aromatic nitrogens is 3. The van der Waals surface area contributed by atoms with Gasteiger partial charge in [-0.25, -0.2) is 18.1 Å². The molecule has 1 aliphatic heterocycles. The van der Waals surface area contributed by atoms with E-state index in [9.17, 15) is 13.2 Å². The van der Waals surface area contributed by atoms with Crippen LogP contribution in [-0.4, -0.2) is 58.4 Å². The maximum Gasteiger partial charge on any atom is 0.254 e. The minimum atomic E-state index is -3.61. The van der Waals surface area contributed by atoms with Crippen molar-refractivity contribution < 1.29 is 13.2 Å². The summed E-state index contributed by atoms with van der Waals surface area (Å²) in [6.07, 6.45) is 5.89. The lowest BCUT2D eigenvalue weighted by atomic mass is 10.0. The van der Waals surface area contributed by atoms with E-state index < -0.39 is 10.0 Å². The summed E-state index contributed by atoms with van der Waals surface area (Å²) in [6, 6.07) is 12.4. The Bertz CT molecular complexity index is 1220. The van der Waals surface area contributed by atoms with Crippen molar-refractivity contribution in [3.8, 4) is 5.69 Å². The molecule has 0 aliphatic carbocycles. The maximum atomic E-state index is 13.4. The van der Waals surface area contributed by atoms with E-state index in [0.717, 1.165) is 36.1 Å². The molecule has 0 saturated carbocycles. The predicted octanol–water partition coefficient (Wildman–Crippen LogP) is 3.58.